The summed E-state index contributed by atoms with van der Waals surface area (Å²) in [6.45, 7) is 2.35. The summed E-state index contributed by atoms with van der Waals surface area (Å²) in [6.07, 6.45) is 0. The molecule has 3 N–H and O–H groups in total. The zero-order valence-electron chi connectivity index (χ0n) is 10.8. The summed E-state index contributed by atoms with van der Waals surface area (Å²) in [4.78, 5) is 17.4. The Bertz CT molecular complexity index is 480. The van der Waals surface area contributed by atoms with Crippen molar-refractivity contribution in [3.63, 3.8) is 0 Å². The van der Waals surface area contributed by atoms with E-state index in [1.54, 1.807) is 19.2 Å². The van der Waals surface area contributed by atoms with E-state index in [0.29, 0.717) is 18.1 Å². The molecular formula is C12H17N5O. The Hall–Kier alpha value is -2.29. The Kier molecular flexibility index (Phi) is 4.49. The van der Waals surface area contributed by atoms with Crippen LogP contribution in [0.25, 0.3) is 0 Å². The Morgan fingerprint density at radius 1 is 1.67 bits per heavy atom. The smallest absolute Gasteiger partial charge is 0.224 e. The van der Waals surface area contributed by atoms with E-state index in [1.807, 2.05) is 24.9 Å². The van der Waals surface area contributed by atoms with Crippen LogP contribution in [-0.4, -0.2) is 31.5 Å². The first-order valence-electron chi connectivity index (χ1n) is 5.59. The second-order valence-corrected chi connectivity index (χ2v) is 4.11. The molecule has 1 aromatic rings. The Labute approximate surface area is 106 Å². The highest BCUT2D eigenvalue weighted by Gasteiger charge is 2.15. The molecule has 0 saturated heterocycles. The quantitative estimate of drug-likeness (QED) is 0.800. The molecule has 0 spiro atoms. The van der Waals surface area contributed by atoms with Gasteiger partial charge in [0.25, 0.3) is 0 Å². The van der Waals surface area contributed by atoms with E-state index in [-0.39, 0.29) is 17.5 Å². The molecule has 1 unspecified atom stereocenters. The molecule has 6 nitrogen and oxygen atoms in total. The van der Waals surface area contributed by atoms with Crippen LogP contribution in [0.5, 0.6) is 0 Å². The van der Waals surface area contributed by atoms with Gasteiger partial charge in [0.15, 0.2) is 5.69 Å². The van der Waals surface area contributed by atoms with Gasteiger partial charge in [0.1, 0.15) is 11.9 Å². The number of amides is 1. The maximum absolute atomic E-state index is 11.4. The van der Waals surface area contributed by atoms with E-state index in [0.717, 1.165) is 0 Å². The Morgan fingerprint density at radius 2 is 2.33 bits per heavy atom. The van der Waals surface area contributed by atoms with Crippen molar-refractivity contribution in [2.75, 3.05) is 31.3 Å². The summed E-state index contributed by atoms with van der Waals surface area (Å²) in [6, 6.07) is 5.31. The number of hydrogen-bond acceptors (Lipinski definition) is 5. The molecule has 0 fully saturated rings. The lowest BCUT2D eigenvalue weighted by molar-refractivity contribution is -0.123. The number of carbonyl (C=O) groups is 1. The van der Waals surface area contributed by atoms with Gasteiger partial charge in [0.2, 0.25) is 5.91 Å². The Balaban J connectivity index is 2.82. The summed E-state index contributed by atoms with van der Waals surface area (Å²) in [5.74, 6) is 0.430. The minimum Gasteiger partial charge on any atom is -0.396 e. The van der Waals surface area contributed by atoms with Crippen LogP contribution in [0.3, 0.4) is 0 Å². The van der Waals surface area contributed by atoms with E-state index in [1.165, 1.54) is 0 Å². The average molecular weight is 247 g/mol. The standard InChI is InChI=1S/C12H17N5O/c1-8(12(18)15-2)7-17(3)11-5-4-9(14)10(6-13)16-11/h4-5,8H,7,14H2,1-3H3,(H,15,18). The molecule has 0 saturated carbocycles. The van der Waals surface area contributed by atoms with Gasteiger partial charge in [-0.15, -0.1) is 0 Å². The number of carbonyl (C=O) groups excluding carboxylic acids is 1. The minimum atomic E-state index is -0.162. The number of nitriles is 1. The number of pyridine rings is 1. The van der Waals surface area contributed by atoms with Crippen molar-refractivity contribution in [2.45, 2.75) is 6.92 Å². The van der Waals surface area contributed by atoms with E-state index in [2.05, 4.69) is 10.3 Å². The molecule has 1 amide bonds. The van der Waals surface area contributed by atoms with Crippen LogP contribution in [0.4, 0.5) is 11.5 Å². The zero-order valence-corrected chi connectivity index (χ0v) is 10.8. The first-order valence-corrected chi connectivity index (χ1v) is 5.59. The molecule has 0 aliphatic rings. The number of nitrogens with two attached hydrogens (primary N) is 1. The van der Waals surface area contributed by atoms with Gasteiger partial charge >= 0.3 is 0 Å². The van der Waals surface area contributed by atoms with Crippen LogP contribution in [0, 0.1) is 17.2 Å². The van der Waals surface area contributed by atoms with E-state index in [4.69, 9.17) is 11.0 Å². The number of rotatable bonds is 4. The van der Waals surface area contributed by atoms with Crippen molar-refractivity contribution < 1.29 is 4.79 Å². The summed E-state index contributed by atoms with van der Waals surface area (Å²) < 4.78 is 0. The molecule has 0 aliphatic carbocycles. The predicted octanol–water partition coefficient (Wildman–Crippen LogP) is 0.354. The maximum atomic E-state index is 11.4. The largest absolute Gasteiger partial charge is 0.396 e. The number of hydrogen-bond donors (Lipinski definition) is 2. The third kappa shape index (κ3) is 3.10. The first-order chi connectivity index (χ1) is 8.49. The third-order valence-corrected chi connectivity index (χ3v) is 2.65. The highest BCUT2D eigenvalue weighted by molar-refractivity contribution is 5.78. The fraction of sp³-hybridized carbons (Fsp3) is 0.417. The highest BCUT2D eigenvalue weighted by atomic mass is 16.1. The van der Waals surface area contributed by atoms with Crippen molar-refractivity contribution in [2.24, 2.45) is 5.92 Å². The van der Waals surface area contributed by atoms with E-state index >= 15 is 0 Å². The molecule has 1 rings (SSSR count). The fourth-order valence-corrected chi connectivity index (χ4v) is 1.60. The van der Waals surface area contributed by atoms with Gasteiger partial charge in [-0.25, -0.2) is 4.98 Å². The predicted molar refractivity (Wildman–Crippen MR) is 69.9 cm³/mol. The van der Waals surface area contributed by atoms with Gasteiger partial charge in [0.05, 0.1) is 11.6 Å². The molecule has 0 radical (unpaired) electrons. The summed E-state index contributed by atoms with van der Waals surface area (Å²) in [5, 5.41) is 11.5. The number of anilines is 2. The lowest BCUT2D eigenvalue weighted by Gasteiger charge is -2.21. The third-order valence-electron chi connectivity index (χ3n) is 2.65. The molecule has 1 heterocycles. The molecule has 0 aromatic carbocycles. The van der Waals surface area contributed by atoms with Gasteiger partial charge in [-0.05, 0) is 12.1 Å². The van der Waals surface area contributed by atoms with Crippen molar-refractivity contribution >= 4 is 17.4 Å². The average Bonchev–Trinajstić information content (AvgIpc) is 2.37. The van der Waals surface area contributed by atoms with Crippen LogP contribution >= 0.6 is 0 Å². The normalized spacial score (nSPS) is 11.4. The number of nitrogens with zero attached hydrogens (tertiary/aromatic N) is 3. The van der Waals surface area contributed by atoms with Crippen LogP contribution in [0.15, 0.2) is 12.1 Å². The van der Waals surface area contributed by atoms with E-state index < -0.39 is 0 Å². The first kappa shape index (κ1) is 13.8. The monoisotopic (exact) mass is 247 g/mol. The minimum absolute atomic E-state index is 0.0298. The van der Waals surface area contributed by atoms with Crippen LogP contribution in [0.1, 0.15) is 12.6 Å². The molecule has 18 heavy (non-hydrogen) atoms. The second-order valence-electron chi connectivity index (χ2n) is 4.11. The highest BCUT2D eigenvalue weighted by Crippen LogP contribution is 2.16. The maximum Gasteiger partial charge on any atom is 0.224 e. The fourth-order valence-electron chi connectivity index (χ4n) is 1.60. The summed E-state index contributed by atoms with van der Waals surface area (Å²) in [7, 11) is 3.42. The van der Waals surface area contributed by atoms with Crippen molar-refractivity contribution in [3.05, 3.63) is 17.8 Å². The SMILES string of the molecule is CNC(=O)C(C)CN(C)c1ccc(N)c(C#N)n1. The summed E-state index contributed by atoms with van der Waals surface area (Å²) >= 11 is 0. The molecule has 0 bridgehead atoms. The van der Waals surface area contributed by atoms with Crippen LogP contribution in [0.2, 0.25) is 0 Å². The second kappa shape index (κ2) is 5.87. The van der Waals surface area contributed by atoms with Crippen LogP contribution < -0.4 is 16.0 Å². The van der Waals surface area contributed by atoms with Gasteiger partial charge in [0, 0.05) is 20.6 Å². The number of aromatic nitrogens is 1. The van der Waals surface area contributed by atoms with E-state index in [9.17, 15) is 4.79 Å². The Morgan fingerprint density at radius 3 is 2.89 bits per heavy atom. The lowest BCUT2D eigenvalue weighted by Crippen LogP contribution is -2.34. The summed E-state index contributed by atoms with van der Waals surface area (Å²) in [5.41, 5.74) is 6.16. The van der Waals surface area contributed by atoms with Crippen molar-refractivity contribution in [1.29, 1.82) is 5.26 Å². The van der Waals surface area contributed by atoms with Crippen LogP contribution in [-0.2, 0) is 4.79 Å². The van der Waals surface area contributed by atoms with Gasteiger partial charge in [-0.1, -0.05) is 6.92 Å². The topological polar surface area (TPSA) is 95.0 Å². The molecule has 0 aliphatic heterocycles. The zero-order chi connectivity index (χ0) is 13.7. The molecular weight excluding hydrogens is 230 g/mol. The molecule has 1 atom stereocenters. The molecule has 1 aromatic heterocycles. The van der Waals surface area contributed by atoms with Gasteiger partial charge in [-0.2, -0.15) is 5.26 Å². The number of nitrogens with one attached hydrogen (secondary N) is 1. The molecule has 6 heteroatoms. The number of nitrogen functional groups attached to an aromatic ring is 1. The van der Waals surface area contributed by atoms with Crippen molar-refractivity contribution in [1.82, 2.24) is 10.3 Å². The van der Waals surface area contributed by atoms with Crippen molar-refractivity contribution in [3.8, 4) is 6.07 Å². The van der Waals surface area contributed by atoms with Gasteiger partial charge in [-0.3, -0.25) is 4.79 Å². The van der Waals surface area contributed by atoms with Gasteiger partial charge < -0.3 is 16.0 Å². The molecule has 96 valence electrons. The lowest BCUT2D eigenvalue weighted by atomic mass is 10.1.